The topological polar surface area (TPSA) is 153 Å². The lowest BCUT2D eigenvalue weighted by Crippen LogP contribution is -2.36. The molecule has 1 atom stereocenters. The lowest BCUT2D eigenvalue weighted by atomic mass is 9.64. The fraction of sp³-hybridized carbons (Fsp3) is 0.389. The van der Waals surface area contributed by atoms with Crippen LogP contribution in [0.15, 0.2) is 28.7 Å². The van der Waals surface area contributed by atoms with Gasteiger partial charge in [-0.2, -0.15) is 0 Å². The number of hydrogen-bond acceptors (Lipinski definition) is 10. The predicted molar refractivity (Wildman–Crippen MR) is 119 cm³/mol. The molecule has 1 aliphatic rings. The van der Waals surface area contributed by atoms with Crippen molar-refractivity contribution >= 4 is 45.1 Å². The van der Waals surface area contributed by atoms with Gasteiger partial charge in [0.1, 0.15) is 18.1 Å². The van der Waals surface area contributed by atoms with Gasteiger partial charge in [-0.1, -0.05) is 23.4 Å². The van der Waals surface area contributed by atoms with Crippen molar-refractivity contribution in [2.45, 2.75) is 25.6 Å². The molecule has 1 aromatic heterocycles. The summed E-state index contributed by atoms with van der Waals surface area (Å²) in [7, 11) is -4.50. The molecule has 0 saturated carbocycles. The molecule has 0 bridgehead atoms. The Morgan fingerprint density at radius 2 is 2.29 bits per heavy atom. The molecule has 0 saturated heterocycles. The van der Waals surface area contributed by atoms with Gasteiger partial charge in [-0.3, -0.25) is 4.79 Å². The van der Waals surface area contributed by atoms with Crippen LogP contribution < -0.4 is 15.1 Å². The van der Waals surface area contributed by atoms with E-state index in [0.717, 1.165) is 28.7 Å². The summed E-state index contributed by atoms with van der Waals surface area (Å²) in [4.78, 5) is 22.2. The number of para-hydroxylation sites is 1. The third-order valence-electron chi connectivity index (χ3n) is 4.61. The van der Waals surface area contributed by atoms with Crippen molar-refractivity contribution in [3.63, 3.8) is 0 Å². The van der Waals surface area contributed by atoms with E-state index in [-0.39, 0.29) is 36.1 Å². The number of hydrogen-bond donors (Lipinski definition) is 3. The number of anilines is 1. The molecule has 0 aliphatic carbocycles. The van der Waals surface area contributed by atoms with Gasteiger partial charge in [-0.05, 0) is 24.5 Å². The van der Waals surface area contributed by atoms with Gasteiger partial charge in [0.2, 0.25) is 10.0 Å². The van der Waals surface area contributed by atoms with E-state index in [1.54, 1.807) is 5.38 Å². The second-order valence-corrected chi connectivity index (χ2v) is 9.90. The Morgan fingerprint density at radius 1 is 1.52 bits per heavy atom. The average molecular weight is 466 g/mol. The molecule has 0 spiro atoms. The number of ketones is 1. The van der Waals surface area contributed by atoms with Gasteiger partial charge >= 0.3 is 7.12 Å². The molecule has 3 rings (SSSR count). The molecular formula is C18H23BN4O6S2. The monoisotopic (exact) mass is 466 g/mol. The van der Waals surface area contributed by atoms with Crippen LogP contribution in [0.3, 0.4) is 0 Å². The second kappa shape index (κ2) is 9.77. The first kappa shape index (κ1) is 23.2. The van der Waals surface area contributed by atoms with Gasteiger partial charge in [0.05, 0.1) is 6.26 Å². The van der Waals surface area contributed by atoms with Gasteiger partial charge in [0.25, 0.3) is 0 Å². The van der Waals surface area contributed by atoms with Gasteiger partial charge in [-0.25, -0.2) is 18.1 Å². The van der Waals surface area contributed by atoms with E-state index in [2.05, 4.69) is 14.9 Å². The number of carbonyl (C=O) groups is 1. The van der Waals surface area contributed by atoms with Crippen LogP contribution in [0, 0.1) is 6.92 Å². The van der Waals surface area contributed by atoms with Gasteiger partial charge in [0.15, 0.2) is 16.6 Å². The minimum atomic E-state index is -3.36. The number of thiazole rings is 1. The first-order chi connectivity index (χ1) is 14.6. The highest BCUT2D eigenvalue weighted by atomic mass is 32.2. The second-order valence-electron chi connectivity index (χ2n) is 7.17. The minimum absolute atomic E-state index is 0.00563. The highest BCUT2D eigenvalue weighted by molar-refractivity contribution is 7.88. The number of sulfonamides is 1. The molecule has 31 heavy (non-hydrogen) atoms. The zero-order valence-electron chi connectivity index (χ0n) is 17.1. The smallest absolute Gasteiger partial charge is 0.526 e. The summed E-state index contributed by atoms with van der Waals surface area (Å²) < 4.78 is 30.1. The molecule has 166 valence electrons. The molecule has 10 nitrogen and oxygen atoms in total. The SMILES string of the molecule is Cc1cccc2c1OB(O)[C@@H](CC(=O)/C(=N\OCCNS(C)(=O)=O)c1csc(N)n1)C2. The Kier molecular flexibility index (Phi) is 7.31. The Hall–Kier alpha value is -2.48. The van der Waals surface area contributed by atoms with Crippen LogP contribution in [-0.4, -0.2) is 56.4 Å². The Bertz CT molecular complexity index is 1090. The van der Waals surface area contributed by atoms with Crippen molar-refractivity contribution in [3.8, 4) is 5.75 Å². The molecule has 0 fully saturated rings. The zero-order chi connectivity index (χ0) is 22.6. The molecule has 0 radical (unpaired) electrons. The molecule has 2 aromatic rings. The highest BCUT2D eigenvalue weighted by Gasteiger charge is 2.37. The quantitative estimate of drug-likeness (QED) is 0.212. The van der Waals surface area contributed by atoms with Crippen molar-refractivity contribution in [3.05, 3.63) is 40.4 Å². The van der Waals surface area contributed by atoms with Crippen molar-refractivity contribution in [2.75, 3.05) is 25.1 Å². The molecule has 1 aliphatic heterocycles. The number of oxime groups is 1. The largest absolute Gasteiger partial charge is 0.536 e. The van der Waals surface area contributed by atoms with Crippen LogP contribution in [0.1, 0.15) is 23.2 Å². The van der Waals surface area contributed by atoms with Crippen molar-refractivity contribution < 1.29 is 27.7 Å². The molecular weight excluding hydrogens is 443 g/mol. The fourth-order valence-corrected chi connectivity index (χ4v) is 4.17. The van der Waals surface area contributed by atoms with Crippen molar-refractivity contribution in [2.24, 2.45) is 5.16 Å². The standard InChI is InChI=1S/C18H23BN4O6S2/c1-11-4-3-5-12-8-13(19(25)29-17(11)12)9-15(24)16(14-10-30-18(20)22-14)23-28-7-6-21-31(2,26)27/h3-5,10,13,21,25H,6-9H2,1-2H3,(H2,20,22)/b23-16-/t13-/m1/s1. The number of aromatic nitrogens is 1. The fourth-order valence-electron chi connectivity index (χ4n) is 3.17. The molecule has 13 heteroatoms. The van der Waals surface area contributed by atoms with E-state index in [0.29, 0.717) is 12.2 Å². The first-order valence-corrected chi connectivity index (χ1v) is 12.2. The average Bonchev–Trinajstić information content (AvgIpc) is 3.11. The van der Waals surface area contributed by atoms with Crippen LogP contribution in [-0.2, 0) is 26.1 Å². The van der Waals surface area contributed by atoms with Crippen molar-refractivity contribution in [1.29, 1.82) is 0 Å². The number of nitrogens with two attached hydrogens (primary N) is 1. The van der Waals surface area contributed by atoms with Crippen LogP contribution in [0.4, 0.5) is 5.13 Å². The Balaban J connectivity index is 1.72. The third kappa shape index (κ3) is 6.26. The number of rotatable bonds is 9. The summed E-state index contributed by atoms with van der Waals surface area (Å²) in [6, 6.07) is 5.70. The molecule has 0 amide bonds. The number of nitrogen functional groups attached to an aromatic ring is 1. The minimum Gasteiger partial charge on any atom is -0.536 e. The lowest BCUT2D eigenvalue weighted by molar-refractivity contribution is -0.113. The number of aryl methyl sites for hydroxylation is 1. The van der Waals surface area contributed by atoms with E-state index in [1.165, 1.54) is 0 Å². The number of benzene rings is 1. The number of Topliss-reactive ketones (excluding diaryl/α,β-unsaturated/α-hetero) is 1. The zero-order valence-corrected chi connectivity index (χ0v) is 18.7. The van der Waals surface area contributed by atoms with E-state index < -0.39 is 28.7 Å². The summed E-state index contributed by atoms with van der Waals surface area (Å²) in [5.74, 6) is -0.235. The summed E-state index contributed by atoms with van der Waals surface area (Å²) >= 11 is 1.15. The number of nitrogens with one attached hydrogen (secondary N) is 1. The number of carbonyl (C=O) groups excluding carboxylic acids is 1. The van der Waals surface area contributed by atoms with E-state index in [9.17, 15) is 18.2 Å². The highest BCUT2D eigenvalue weighted by Crippen LogP contribution is 2.36. The summed E-state index contributed by atoms with van der Waals surface area (Å²) in [6.07, 6.45) is 1.45. The van der Waals surface area contributed by atoms with Gasteiger partial charge in [0, 0.05) is 24.2 Å². The summed E-state index contributed by atoms with van der Waals surface area (Å²) in [5, 5.41) is 16.1. The summed E-state index contributed by atoms with van der Waals surface area (Å²) in [5.41, 5.74) is 7.72. The number of nitrogens with zero attached hydrogens (tertiary/aromatic N) is 2. The lowest BCUT2D eigenvalue weighted by Gasteiger charge is -2.28. The Morgan fingerprint density at radius 3 is 2.97 bits per heavy atom. The van der Waals surface area contributed by atoms with Gasteiger partial charge in [-0.15, -0.1) is 11.3 Å². The summed E-state index contributed by atoms with van der Waals surface area (Å²) in [6.45, 7) is 1.81. The van der Waals surface area contributed by atoms with Crippen LogP contribution in [0.5, 0.6) is 5.75 Å². The van der Waals surface area contributed by atoms with E-state index in [4.69, 9.17) is 15.2 Å². The normalized spacial score (nSPS) is 16.5. The number of fused-ring (bicyclic) bond motifs is 1. The van der Waals surface area contributed by atoms with E-state index >= 15 is 0 Å². The first-order valence-electron chi connectivity index (χ1n) is 9.46. The predicted octanol–water partition coefficient (Wildman–Crippen LogP) is 0.749. The molecule has 4 N–H and O–H groups in total. The molecule has 0 unspecified atom stereocenters. The van der Waals surface area contributed by atoms with Crippen molar-refractivity contribution in [1.82, 2.24) is 9.71 Å². The Labute approximate surface area is 184 Å². The van der Waals surface area contributed by atoms with Gasteiger partial charge < -0.3 is 20.2 Å². The molecule has 1 aromatic carbocycles. The molecule has 2 heterocycles. The maximum absolute atomic E-state index is 13.0. The van der Waals surface area contributed by atoms with E-state index in [1.807, 2.05) is 25.1 Å². The maximum Gasteiger partial charge on any atom is 0.526 e. The van der Waals surface area contributed by atoms with Crippen LogP contribution in [0.25, 0.3) is 0 Å². The maximum atomic E-state index is 13.0. The third-order valence-corrected chi connectivity index (χ3v) is 6.01. The van der Waals surface area contributed by atoms with Crippen LogP contribution in [0.2, 0.25) is 5.82 Å². The van der Waals surface area contributed by atoms with Crippen LogP contribution >= 0.6 is 11.3 Å².